The number of aliphatic carboxylic acids is 1. The minimum Gasteiger partial charge on any atom is -0.481 e. The van der Waals surface area contributed by atoms with Gasteiger partial charge in [0, 0.05) is 25.7 Å². The van der Waals surface area contributed by atoms with E-state index in [1.54, 1.807) is 0 Å². The molecular formula is C62H112O16. The van der Waals surface area contributed by atoms with Gasteiger partial charge in [-0.25, -0.2) is 0 Å². The fourth-order valence-corrected chi connectivity index (χ4v) is 8.41. The highest BCUT2D eigenvalue weighted by molar-refractivity contribution is 5.92. The zero-order valence-corrected chi connectivity index (χ0v) is 49.7. The van der Waals surface area contributed by atoms with Crippen molar-refractivity contribution in [1.82, 2.24) is 0 Å². The predicted octanol–water partition coefficient (Wildman–Crippen LogP) is 14.8. The molecule has 0 atom stereocenters. The van der Waals surface area contributed by atoms with Gasteiger partial charge in [0.2, 0.25) is 0 Å². The average Bonchev–Trinajstić information content (AvgIpc) is 3.81. The summed E-state index contributed by atoms with van der Waals surface area (Å²) in [7, 11) is 0. The maximum atomic E-state index is 12.1. The standard InChI is InChI=1S/C31H56O8.C27H52O5.C4H4O3/c1-3-5-7-9-11-13-15-17-19-21-29(34)37-25-27(39-31(36)24-23-28(32)33)26-38-30(35)22-20-18-16-14-12-10-8-6-4-2;1-3-5-7-9-11-13-15-17-19-21-26(29)31-23-25(28)24-32-27(30)22-20-18-16-14-12-10-8-6-4-2;5-3-1-2-4(6)7-3/h27H,3-26H2,1-2H3,(H,32,33);25,28H,3-24H2,1-2H3;1-2H2. The Hall–Kier alpha value is -4.08. The Balaban J connectivity index is 0. The third-order valence-electron chi connectivity index (χ3n) is 13.3. The Kier molecular flexibility index (Phi) is 57.5. The Bertz CT molecular complexity index is 1390. The highest BCUT2D eigenvalue weighted by atomic mass is 16.6. The van der Waals surface area contributed by atoms with Gasteiger partial charge in [-0.2, -0.15) is 0 Å². The summed E-state index contributed by atoms with van der Waals surface area (Å²) in [6.45, 7) is 8.20. The molecule has 0 aromatic carbocycles. The van der Waals surface area contributed by atoms with E-state index in [2.05, 4.69) is 32.4 Å². The molecule has 78 heavy (non-hydrogen) atoms. The van der Waals surface area contributed by atoms with Gasteiger partial charge in [0.1, 0.15) is 32.5 Å². The van der Waals surface area contributed by atoms with Gasteiger partial charge in [-0.05, 0) is 25.7 Å². The first-order valence-corrected chi connectivity index (χ1v) is 31.2. The molecule has 0 spiro atoms. The third kappa shape index (κ3) is 59.6. The van der Waals surface area contributed by atoms with Gasteiger partial charge >= 0.3 is 47.8 Å². The van der Waals surface area contributed by atoms with Gasteiger partial charge in [0.25, 0.3) is 0 Å². The molecule has 0 aromatic rings. The van der Waals surface area contributed by atoms with Crippen LogP contribution in [0.4, 0.5) is 0 Å². The molecule has 0 amide bonds. The van der Waals surface area contributed by atoms with E-state index >= 15 is 0 Å². The molecule has 16 heteroatoms. The van der Waals surface area contributed by atoms with E-state index in [-0.39, 0.29) is 88.8 Å². The molecule has 2 N–H and O–H groups in total. The number of esters is 7. The topological polar surface area (TPSA) is 232 Å². The number of hydrogen-bond acceptors (Lipinski definition) is 15. The molecule has 1 aliphatic heterocycles. The molecule has 0 aliphatic carbocycles. The largest absolute Gasteiger partial charge is 0.481 e. The van der Waals surface area contributed by atoms with Crippen molar-refractivity contribution >= 4 is 47.8 Å². The van der Waals surface area contributed by atoms with Crippen molar-refractivity contribution in [3.63, 3.8) is 0 Å². The Morgan fingerprint density at radius 2 is 0.603 bits per heavy atom. The lowest BCUT2D eigenvalue weighted by Crippen LogP contribution is -2.31. The van der Waals surface area contributed by atoms with Crippen molar-refractivity contribution in [2.45, 2.75) is 322 Å². The number of ether oxygens (including phenoxy) is 6. The summed E-state index contributed by atoms with van der Waals surface area (Å²) in [5, 5.41) is 18.6. The molecule has 16 nitrogen and oxygen atoms in total. The van der Waals surface area contributed by atoms with E-state index in [9.17, 15) is 43.5 Å². The van der Waals surface area contributed by atoms with Crippen LogP contribution in [-0.4, -0.2) is 96.6 Å². The molecule has 0 aromatic heterocycles. The van der Waals surface area contributed by atoms with Crippen molar-refractivity contribution in [3.8, 4) is 0 Å². The van der Waals surface area contributed by atoms with Crippen LogP contribution < -0.4 is 0 Å². The number of unbranched alkanes of at least 4 members (excludes halogenated alkanes) is 32. The summed E-state index contributed by atoms with van der Waals surface area (Å²) in [5.74, 6) is -3.97. The molecule has 1 rings (SSSR count). The molecule has 1 fully saturated rings. The number of aliphatic hydroxyl groups excluding tert-OH is 1. The minimum absolute atomic E-state index is 0.110. The van der Waals surface area contributed by atoms with E-state index < -0.39 is 36.1 Å². The van der Waals surface area contributed by atoms with Gasteiger partial charge < -0.3 is 38.6 Å². The van der Waals surface area contributed by atoms with Crippen LogP contribution in [0.25, 0.3) is 0 Å². The number of rotatable bonds is 52. The lowest BCUT2D eigenvalue weighted by Gasteiger charge is -2.18. The molecule has 0 unspecified atom stereocenters. The van der Waals surface area contributed by atoms with Crippen LogP contribution in [0.5, 0.6) is 0 Å². The molecule has 1 heterocycles. The fourth-order valence-electron chi connectivity index (χ4n) is 8.41. The number of carboxylic acids is 1. The maximum absolute atomic E-state index is 12.1. The van der Waals surface area contributed by atoms with Crippen molar-refractivity contribution in [3.05, 3.63) is 0 Å². The molecule has 0 saturated carbocycles. The van der Waals surface area contributed by atoms with Crippen molar-refractivity contribution < 1.29 is 77.0 Å². The van der Waals surface area contributed by atoms with Gasteiger partial charge in [-0.3, -0.25) is 38.4 Å². The van der Waals surface area contributed by atoms with E-state index in [1.807, 2.05) is 0 Å². The van der Waals surface area contributed by atoms with E-state index in [1.165, 1.54) is 154 Å². The van der Waals surface area contributed by atoms with Gasteiger partial charge in [-0.15, -0.1) is 0 Å². The van der Waals surface area contributed by atoms with Crippen LogP contribution in [0.15, 0.2) is 0 Å². The molecule has 1 saturated heterocycles. The molecule has 0 radical (unpaired) electrons. The van der Waals surface area contributed by atoms with Crippen LogP contribution in [0.1, 0.15) is 310 Å². The number of carbonyl (C=O) groups is 8. The van der Waals surface area contributed by atoms with Crippen LogP contribution in [0, 0.1) is 0 Å². The lowest BCUT2D eigenvalue weighted by atomic mass is 10.1. The van der Waals surface area contributed by atoms with Gasteiger partial charge in [0.15, 0.2) is 6.10 Å². The van der Waals surface area contributed by atoms with Crippen molar-refractivity contribution in [2.24, 2.45) is 0 Å². The second kappa shape index (κ2) is 59.1. The fraction of sp³-hybridized carbons (Fsp3) is 0.871. The Morgan fingerprint density at radius 3 is 0.833 bits per heavy atom. The van der Waals surface area contributed by atoms with Crippen LogP contribution in [0.3, 0.4) is 0 Å². The Morgan fingerprint density at radius 1 is 0.359 bits per heavy atom. The zero-order valence-electron chi connectivity index (χ0n) is 49.7. The summed E-state index contributed by atoms with van der Waals surface area (Å²) in [6, 6.07) is 0. The normalized spacial score (nSPS) is 11.8. The van der Waals surface area contributed by atoms with E-state index in [0.29, 0.717) is 12.8 Å². The van der Waals surface area contributed by atoms with Crippen molar-refractivity contribution in [2.75, 3.05) is 26.4 Å². The summed E-state index contributed by atoms with van der Waals surface area (Å²) in [5.41, 5.74) is 0. The second-order valence-corrected chi connectivity index (χ2v) is 21.1. The highest BCUT2D eigenvalue weighted by Gasteiger charge is 2.21. The predicted molar refractivity (Wildman–Crippen MR) is 304 cm³/mol. The second-order valence-electron chi connectivity index (χ2n) is 21.1. The Labute approximate surface area is 472 Å². The zero-order chi connectivity index (χ0) is 58.0. The molecular weight excluding hydrogens is 1000 g/mol. The summed E-state index contributed by atoms with van der Waals surface area (Å²) >= 11 is 0. The lowest BCUT2D eigenvalue weighted by molar-refractivity contribution is -0.167. The quantitative estimate of drug-likeness (QED) is 0.0249. The number of hydrogen-bond donors (Lipinski definition) is 2. The smallest absolute Gasteiger partial charge is 0.314 e. The number of aliphatic hydroxyl groups is 1. The summed E-state index contributed by atoms with van der Waals surface area (Å²) < 4.78 is 30.0. The summed E-state index contributed by atoms with van der Waals surface area (Å²) in [4.78, 5) is 90.5. The van der Waals surface area contributed by atoms with Crippen LogP contribution >= 0.6 is 0 Å². The van der Waals surface area contributed by atoms with Crippen LogP contribution in [0.2, 0.25) is 0 Å². The summed E-state index contributed by atoms with van der Waals surface area (Å²) in [6.07, 6.45) is 41.6. The van der Waals surface area contributed by atoms with E-state index in [4.69, 9.17) is 28.8 Å². The first kappa shape index (κ1) is 76.0. The highest BCUT2D eigenvalue weighted by Crippen LogP contribution is 2.15. The average molecular weight is 1110 g/mol. The number of carboxylic acid groups (broad SMARTS) is 1. The molecule has 1 aliphatic rings. The monoisotopic (exact) mass is 1110 g/mol. The first-order valence-electron chi connectivity index (χ1n) is 31.2. The minimum atomic E-state index is -1.11. The van der Waals surface area contributed by atoms with Gasteiger partial charge in [-0.1, -0.05) is 233 Å². The molecule has 456 valence electrons. The first-order chi connectivity index (χ1) is 37.8. The van der Waals surface area contributed by atoms with Gasteiger partial charge in [0.05, 0.1) is 25.7 Å². The maximum Gasteiger partial charge on any atom is 0.314 e. The number of carbonyl (C=O) groups excluding carboxylic acids is 7. The number of cyclic esters (lactones) is 2. The molecule has 0 bridgehead atoms. The van der Waals surface area contributed by atoms with Crippen LogP contribution in [-0.2, 0) is 66.8 Å². The SMILES string of the molecule is CCCCCCCCCCCC(=O)OCC(COC(=O)CCCCCCCCCCC)OC(=O)CCC(=O)O.CCCCCCCCCCCC(=O)OCC(O)COC(=O)CCCCCCCCCCC.O=C1CCC(=O)O1. The van der Waals surface area contributed by atoms with Crippen molar-refractivity contribution in [1.29, 1.82) is 0 Å². The third-order valence-corrected chi connectivity index (χ3v) is 13.3. The van der Waals surface area contributed by atoms with E-state index in [0.717, 1.165) is 77.0 Å².